The second kappa shape index (κ2) is 9.10. The maximum atomic E-state index is 12.3. The molecule has 2 aromatic rings. The number of nitrogens with one attached hydrogen (secondary N) is 1. The topological polar surface area (TPSA) is 119 Å². The summed E-state index contributed by atoms with van der Waals surface area (Å²) in [6.45, 7) is -0.547. The summed E-state index contributed by atoms with van der Waals surface area (Å²) < 4.78 is 5.00. The molecule has 0 saturated carbocycles. The molecule has 1 aliphatic rings. The Morgan fingerprint density at radius 1 is 1.23 bits per heavy atom. The number of carbonyl (C=O) groups is 3. The third kappa shape index (κ3) is 5.05. The van der Waals surface area contributed by atoms with Crippen molar-refractivity contribution in [3.05, 3.63) is 62.6 Å². The maximum absolute atomic E-state index is 12.3. The van der Waals surface area contributed by atoms with E-state index in [1.54, 1.807) is 12.1 Å². The van der Waals surface area contributed by atoms with Crippen molar-refractivity contribution < 1.29 is 24.0 Å². The molecule has 1 fully saturated rings. The zero-order valence-corrected chi connectivity index (χ0v) is 16.9. The number of nitrogens with zero attached hydrogens (tertiary/aromatic N) is 2. The van der Waals surface area contributed by atoms with Gasteiger partial charge in [0.2, 0.25) is 5.91 Å². The lowest BCUT2D eigenvalue weighted by Gasteiger charge is -2.18. The van der Waals surface area contributed by atoms with Gasteiger partial charge in [0.1, 0.15) is 0 Å². The number of amides is 2. The number of hydrogen-bond acceptors (Lipinski definition) is 6. The Bertz CT molecular complexity index is 1030. The predicted octanol–water partition coefficient (Wildman–Crippen LogP) is 3.44. The van der Waals surface area contributed by atoms with Gasteiger partial charge in [-0.2, -0.15) is 0 Å². The predicted molar refractivity (Wildman–Crippen MR) is 110 cm³/mol. The molecule has 9 nitrogen and oxygen atoms in total. The molecule has 1 aliphatic heterocycles. The van der Waals surface area contributed by atoms with Crippen LogP contribution in [0.25, 0.3) is 0 Å². The summed E-state index contributed by atoms with van der Waals surface area (Å²) in [4.78, 5) is 48.1. The van der Waals surface area contributed by atoms with Crippen LogP contribution in [0, 0.1) is 16.0 Å². The molecule has 11 heteroatoms. The standard InChI is InChI=1S/C19H15Cl2N3O6/c20-12-4-5-15(21)16(7-12)23-9-11(6-18(23)26)19(27)30-10-17(25)22-13-2-1-3-14(8-13)24(28)29/h1-5,7-8,11H,6,9-10H2,(H,22,25)/t11-/m1/s1. The van der Waals surface area contributed by atoms with Crippen molar-refractivity contribution in [1.29, 1.82) is 0 Å². The maximum Gasteiger partial charge on any atom is 0.311 e. The van der Waals surface area contributed by atoms with Crippen molar-refractivity contribution in [2.75, 3.05) is 23.4 Å². The molecular formula is C19H15Cl2N3O6. The lowest BCUT2D eigenvalue weighted by molar-refractivity contribution is -0.384. The van der Waals surface area contributed by atoms with Crippen LogP contribution in [0.3, 0.4) is 0 Å². The van der Waals surface area contributed by atoms with Gasteiger partial charge in [-0.3, -0.25) is 24.5 Å². The molecule has 30 heavy (non-hydrogen) atoms. The second-order valence-electron chi connectivity index (χ2n) is 6.46. The highest BCUT2D eigenvalue weighted by atomic mass is 35.5. The van der Waals surface area contributed by atoms with E-state index in [-0.39, 0.29) is 30.2 Å². The molecule has 1 N–H and O–H groups in total. The van der Waals surface area contributed by atoms with Crippen molar-refractivity contribution >= 4 is 58.0 Å². The number of nitro groups is 1. The van der Waals surface area contributed by atoms with Crippen LogP contribution in [0.15, 0.2) is 42.5 Å². The van der Waals surface area contributed by atoms with Gasteiger partial charge < -0.3 is 15.0 Å². The Morgan fingerprint density at radius 3 is 2.73 bits per heavy atom. The molecule has 3 rings (SSSR count). The molecule has 0 spiro atoms. The zero-order chi connectivity index (χ0) is 21.8. The summed E-state index contributed by atoms with van der Waals surface area (Å²) in [6.07, 6.45) is -0.0891. The van der Waals surface area contributed by atoms with Gasteiger partial charge in [0.05, 0.1) is 21.6 Å². The van der Waals surface area contributed by atoms with Crippen molar-refractivity contribution in [1.82, 2.24) is 0 Å². The number of halogens is 2. The van der Waals surface area contributed by atoms with E-state index in [1.807, 2.05) is 0 Å². The summed E-state index contributed by atoms with van der Waals surface area (Å²) in [5.41, 5.74) is 0.407. The molecule has 0 unspecified atom stereocenters. The van der Waals surface area contributed by atoms with Crippen LogP contribution < -0.4 is 10.2 Å². The number of ether oxygens (including phenoxy) is 1. The lowest BCUT2D eigenvalue weighted by atomic mass is 10.1. The summed E-state index contributed by atoms with van der Waals surface area (Å²) in [7, 11) is 0. The Labute approximate surface area is 180 Å². The van der Waals surface area contributed by atoms with Crippen LogP contribution >= 0.6 is 23.2 Å². The number of esters is 1. The zero-order valence-electron chi connectivity index (χ0n) is 15.3. The minimum atomic E-state index is -0.766. The molecule has 0 aromatic heterocycles. The SMILES string of the molecule is O=C(COC(=O)[C@@H]1CC(=O)N(c2cc(Cl)ccc2Cl)C1)Nc1cccc([N+](=O)[O-])c1. The number of benzene rings is 2. The third-order valence-corrected chi connectivity index (χ3v) is 4.90. The normalized spacial score (nSPS) is 15.7. The van der Waals surface area contributed by atoms with E-state index in [2.05, 4.69) is 5.32 Å². The van der Waals surface area contributed by atoms with E-state index in [9.17, 15) is 24.5 Å². The smallest absolute Gasteiger partial charge is 0.311 e. The van der Waals surface area contributed by atoms with Crippen LogP contribution in [-0.4, -0.2) is 35.9 Å². The van der Waals surface area contributed by atoms with Crippen LogP contribution in [0.5, 0.6) is 0 Å². The highest BCUT2D eigenvalue weighted by molar-refractivity contribution is 6.35. The van der Waals surface area contributed by atoms with Crippen molar-refractivity contribution in [2.45, 2.75) is 6.42 Å². The van der Waals surface area contributed by atoms with Gasteiger partial charge >= 0.3 is 5.97 Å². The molecule has 0 aliphatic carbocycles. The van der Waals surface area contributed by atoms with E-state index in [1.165, 1.54) is 35.2 Å². The summed E-state index contributed by atoms with van der Waals surface area (Å²) in [5.74, 6) is -2.46. The summed E-state index contributed by atoms with van der Waals surface area (Å²) >= 11 is 12.1. The average Bonchev–Trinajstić information content (AvgIpc) is 3.09. The number of rotatable bonds is 6. The highest BCUT2D eigenvalue weighted by Crippen LogP contribution is 2.33. The Balaban J connectivity index is 1.56. The minimum absolute atomic E-state index is 0.0459. The van der Waals surface area contributed by atoms with Gasteiger partial charge in [0, 0.05) is 35.8 Å². The number of anilines is 2. The fraction of sp³-hybridized carbons (Fsp3) is 0.211. The van der Waals surface area contributed by atoms with E-state index >= 15 is 0 Å². The number of hydrogen-bond donors (Lipinski definition) is 1. The second-order valence-corrected chi connectivity index (χ2v) is 7.31. The highest BCUT2D eigenvalue weighted by Gasteiger charge is 2.37. The van der Waals surface area contributed by atoms with Gasteiger partial charge in [0.25, 0.3) is 11.6 Å². The van der Waals surface area contributed by atoms with E-state index < -0.39 is 29.3 Å². The molecule has 2 aromatic carbocycles. The first-order valence-corrected chi connectivity index (χ1v) is 9.46. The van der Waals surface area contributed by atoms with E-state index in [0.29, 0.717) is 15.7 Å². The molecule has 0 bridgehead atoms. The monoisotopic (exact) mass is 451 g/mol. The summed E-state index contributed by atoms with van der Waals surface area (Å²) in [6, 6.07) is 10.0. The van der Waals surface area contributed by atoms with Crippen LogP contribution in [0.1, 0.15) is 6.42 Å². The van der Waals surface area contributed by atoms with Crippen LogP contribution in [0.2, 0.25) is 10.0 Å². The van der Waals surface area contributed by atoms with Gasteiger partial charge in [-0.15, -0.1) is 0 Å². The first kappa shape index (κ1) is 21.5. The average molecular weight is 452 g/mol. The van der Waals surface area contributed by atoms with Gasteiger partial charge in [-0.1, -0.05) is 29.3 Å². The number of non-ortho nitro benzene ring substituents is 1. The number of carbonyl (C=O) groups excluding carboxylic acids is 3. The molecule has 156 valence electrons. The molecule has 2 amide bonds. The van der Waals surface area contributed by atoms with Crippen molar-refractivity contribution in [3.8, 4) is 0 Å². The van der Waals surface area contributed by atoms with E-state index in [4.69, 9.17) is 27.9 Å². The molecule has 1 heterocycles. The number of nitro benzene ring substituents is 1. The first-order valence-electron chi connectivity index (χ1n) is 8.71. The minimum Gasteiger partial charge on any atom is -0.455 e. The quantitative estimate of drug-likeness (QED) is 0.408. The largest absolute Gasteiger partial charge is 0.455 e. The first-order chi connectivity index (χ1) is 14.2. The van der Waals surface area contributed by atoms with Crippen molar-refractivity contribution in [2.24, 2.45) is 5.92 Å². The van der Waals surface area contributed by atoms with Crippen LogP contribution in [-0.2, 0) is 19.1 Å². The van der Waals surface area contributed by atoms with Crippen LogP contribution in [0.4, 0.5) is 17.1 Å². The third-order valence-electron chi connectivity index (χ3n) is 4.34. The van der Waals surface area contributed by atoms with Gasteiger partial charge in [-0.25, -0.2) is 0 Å². The van der Waals surface area contributed by atoms with Gasteiger partial charge in [0.15, 0.2) is 6.61 Å². The lowest BCUT2D eigenvalue weighted by Crippen LogP contribution is -2.28. The molecule has 0 radical (unpaired) electrons. The Kier molecular flexibility index (Phi) is 6.53. The van der Waals surface area contributed by atoms with Crippen molar-refractivity contribution in [3.63, 3.8) is 0 Å². The van der Waals surface area contributed by atoms with Gasteiger partial charge in [-0.05, 0) is 24.3 Å². The molecule has 1 atom stereocenters. The summed E-state index contributed by atoms with van der Waals surface area (Å²) in [5, 5.41) is 13.9. The molecular weight excluding hydrogens is 437 g/mol. The fourth-order valence-electron chi connectivity index (χ4n) is 2.94. The molecule has 1 saturated heterocycles. The Hall–Kier alpha value is -3.17. The Morgan fingerprint density at radius 2 is 2.00 bits per heavy atom. The fourth-order valence-corrected chi connectivity index (χ4v) is 3.33. The van der Waals surface area contributed by atoms with E-state index in [0.717, 1.165) is 0 Å².